The van der Waals surface area contributed by atoms with Crippen LogP contribution in [-0.4, -0.2) is 59.5 Å². The van der Waals surface area contributed by atoms with Gasteiger partial charge in [-0.15, -0.1) is 0 Å². The summed E-state index contributed by atoms with van der Waals surface area (Å²) in [6.45, 7) is 5.39. The molecule has 1 aromatic heterocycles. The van der Waals surface area contributed by atoms with Crippen molar-refractivity contribution in [2.45, 2.75) is 13.8 Å². The zero-order valence-electron chi connectivity index (χ0n) is 14.4. The Bertz CT molecular complexity index is 764. The Kier molecular flexibility index (Phi) is 5.14. The molecule has 0 N–H and O–H groups in total. The Morgan fingerprint density at radius 3 is 2.52 bits per heavy atom. The molecule has 1 amide bonds. The first-order chi connectivity index (χ1) is 12.1. The summed E-state index contributed by atoms with van der Waals surface area (Å²) in [4.78, 5) is 26.2. The molecule has 0 radical (unpaired) electrons. The molecule has 0 saturated carbocycles. The lowest BCUT2D eigenvalue weighted by Gasteiger charge is -2.26. The number of aryl methyl sites for hydroxylation is 1. The maximum absolute atomic E-state index is 12.4. The highest BCUT2D eigenvalue weighted by atomic mass is 16.5. The number of benzene rings is 1. The topological polar surface area (TPSA) is 73.7 Å². The largest absolute Gasteiger partial charge is 0.452 e. The van der Waals surface area contributed by atoms with E-state index in [9.17, 15) is 9.59 Å². The molecule has 2 aromatic rings. The molecule has 0 aliphatic carbocycles. The average molecular weight is 343 g/mol. The summed E-state index contributed by atoms with van der Waals surface area (Å²) in [5.41, 5.74) is 2.53. The molecule has 0 spiro atoms. The maximum Gasteiger partial charge on any atom is 0.342 e. The summed E-state index contributed by atoms with van der Waals surface area (Å²) in [5.74, 6) is -0.735. The zero-order chi connectivity index (χ0) is 17.8. The summed E-state index contributed by atoms with van der Waals surface area (Å²) in [6.07, 6.45) is 0. The zero-order valence-corrected chi connectivity index (χ0v) is 14.4. The van der Waals surface area contributed by atoms with Gasteiger partial charge in [-0.3, -0.25) is 4.79 Å². The molecule has 1 fully saturated rings. The van der Waals surface area contributed by atoms with Gasteiger partial charge < -0.3 is 14.4 Å². The first kappa shape index (κ1) is 17.2. The lowest BCUT2D eigenvalue weighted by molar-refractivity contribution is -0.138. The molecular formula is C18H21N3O4. The number of amides is 1. The van der Waals surface area contributed by atoms with Crippen LogP contribution >= 0.6 is 0 Å². The molecule has 1 aromatic carbocycles. The van der Waals surface area contributed by atoms with Crippen molar-refractivity contribution in [1.82, 2.24) is 14.7 Å². The Hall–Kier alpha value is -2.67. The third kappa shape index (κ3) is 3.71. The predicted molar refractivity (Wildman–Crippen MR) is 90.7 cm³/mol. The van der Waals surface area contributed by atoms with E-state index in [2.05, 4.69) is 5.10 Å². The van der Waals surface area contributed by atoms with E-state index in [0.717, 1.165) is 5.69 Å². The van der Waals surface area contributed by atoms with Crippen LogP contribution in [0.5, 0.6) is 0 Å². The standard InChI is InChI=1S/C18H21N3O4/c1-13-17(14(2)21(19-13)15-6-4-3-5-7-15)18(23)25-12-16(22)20-8-10-24-11-9-20/h3-7H,8-12H2,1-2H3. The van der Waals surface area contributed by atoms with Gasteiger partial charge in [-0.1, -0.05) is 18.2 Å². The van der Waals surface area contributed by atoms with Crippen LogP contribution in [0.25, 0.3) is 5.69 Å². The lowest BCUT2D eigenvalue weighted by Crippen LogP contribution is -2.42. The monoisotopic (exact) mass is 343 g/mol. The molecule has 132 valence electrons. The van der Waals surface area contributed by atoms with Gasteiger partial charge >= 0.3 is 5.97 Å². The Labute approximate surface area is 146 Å². The summed E-state index contributed by atoms with van der Waals surface area (Å²) in [6, 6.07) is 9.56. The normalized spacial score (nSPS) is 14.4. The number of hydrogen-bond donors (Lipinski definition) is 0. The quantitative estimate of drug-likeness (QED) is 0.787. The fourth-order valence-electron chi connectivity index (χ4n) is 2.86. The van der Waals surface area contributed by atoms with E-state index in [1.54, 1.807) is 16.5 Å². The predicted octanol–water partition coefficient (Wildman–Crippen LogP) is 1.50. The number of carbonyl (C=O) groups excluding carboxylic acids is 2. The highest BCUT2D eigenvalue weighted by Gasteiger charge is 2.23. The number of rotatable bonds is 4. The number of nitrogens with zero attached hydrogens (tertiary/aromatic N) is 3. The molecule has 2 heterocycles. The molecule has 7 nitrogen and oxygen atoms in total. The van der Waals surface area contributed by atoms with Gasteiger partial charge in [0.2, 0.25) is 0 Å². The molecule has 1 saturated heterocycles. The van der Waals surface area contributed by atoms with Crippen LogP contribution in [0.2, 0.25) is 0 Å². The SMILES string of the molecule is Cc1nn(-c2ccccc2)c(C)c1C(=O)OCC(=O)N1CCOCC1. The van der Waals surface area contributed by atoms with E-state index in [-0.39, 0.29) is 12.5 Å². The van der Waals surface area contributed by atoms with Gasteiger partial charge in [0.1, 0.15) is 5.56 Å². The van der Waals surface area contributed by atoms with Gasteiger partial charge in [-0.2, -0.15) is 5.10 Å². The van der Waals surface area contributed by atoms with E-state index in [1.807, 2.05) is 37.3 Å². The van der Waals surface area contributed by atoms with Gasteiger partial charge in [-0.25, -0.2) is 9.48 Å². The number of morpholine rings is 1. The van der Waals surface area contributed by atoms with Crippen molar-refractivity contribution in [1.29, 1.82) is 0 Å². The maximum atomic E-state index is 12.4. The first-order valence-corrected chi connectivity index (χ1v) is 8.22. The van der Waals surface area contributed by atoms with E-state index >= 15 is 0 Å². The molecule has 1 aliphatic heterocycles. The van der Waals surface area contributed by atoms with Crippen molar-refractivity contribution in [2.24, 2.45) is 0 Å². The van der Waals surface area contributed by atoms with Crippen LogP contribution in [-0.2, 0) is 14.3 Å². The minimum absolute atomic E-state index is 0.206. The van der Waals surface area contributed by atoms with E-state index in [0.29, 0.717) is 43.3 Å². The highest BCUT2D eigenvalue weighted by Crippen LogP contribution is 2.18. The first-order valence-electron chi connectivity index (χ1n) is 8.22. The van der Waals surface area contributed by atoms with Gasteiger partial charge in [0.05, 0.1) is 30.3 Å². The molecule has 7 heteroatoms. The van der Waals surface area contributed by atoms with Crippen LogP contribution in [0.1, 0.15) is 21.7 Å². The second kappa shape index (κ2) is 7.48. The number of ether oxygens (including phenoxy) is 2. The molecular weight excluding hydrogens is 322 g/mol. The fraction of sp³-hybridized carbons (Fsp3) is 0.389. The summed E-state index contributed by atoms with van der Waals surface area (Å²) in [7, 11) is 0. The second-order valence-corrected chi connectivity index (χ2v) is 5.86. The van der Waals surface area contributed by atoms with Gasteiger partial charge in [0.25, 0.3) is 5.91 Å². The average Bonchev–Trinajstić information content (AvgIpc) is 2.95. The smallest absolute Gasteiger partial charge is 0.342 e. The highest BCUT2D eigenvalue weighted by molar-refractivity contribution is 5.93. The summed E-state index contributed by atoms with van der Waals surface area (Å²) < 4.78 is 12.1. The van der Waals surface area contributed by atoms with Crippen molar-refractivity contribution in [2.75, 3.05) is 32.9 Å². The molecule has 1 aliphatic rings. The summed E-state index contributed by atoms with van der Waals surface area (Å²) >= 11 is 0. The van der Waals surface area contributed by atoms with Gasteiger partial charge in [-0.05, 0) is 26.0 Å². The molecule has 0 atom stereocenters. The van der Waals surface area contributed by atoms with Gasteiger partial charge in [0.15, 0.2) is 6.61 Å². The third-order valence-electron chi connectivity index (χ3n) is 4.19. The van der Waals surface area contributed by atoms with E-state index in [4.69, 9.17) is 9.47 Å². The Balaban J connectivity index is 1.70. The van der Waals surface area contributed by atoms with Crippen LogP contribution in [0.15, 0.2) is 30.3 Å². The molecule has 0 unspecified atom stereocenters. The number of hydrogen-bond acceptors (Lipinski definition) is 5. The van der Waals surface area contributed by atoms with Crippen molar-refractivity contribution < 1.29 is 19.1 Å². The fourth-order valence-corrected chi connectivity index (χ4v) is 2.86. The number of para-hydroxylation sites is 1. The molecule has 25 heavy (non-hydrogen) atoms. The minimum Gasteiger partial charge on any atom is -0.452 e. The van der Waals surface area contributed by atoms with Crippen LogP contribution < -0.4 is 0 Å². The van der Waals surface area contributed by atoms with Crippen molar-refractivity contribution in [3.8, 4) is 5.69 Å². The van der Waals surface area contributed by atoms with Crippen LogP contribution in [0.3, 0.4) is 0 Å². The summed E-state index contributed by atoms with van der Waals surface area (Å²) in [5, 5.41) is 4.42. The van der Waals surface area contributed by atoms with E-state index in [1.165, 1.54) is 0 Å². The second-order valence-electron chi connectivity index (χ2n) is 5.86. The Morgan fingerprint density at radius 1 is 1.16 bits per heavy atom. The molecule has 3 rings (SSSR count). The van der Waals surface area contributed by atoms with Crippen molar-refractivity contribution in [3.63, 3.8) is 0 Å². The molecule has 0 bridgehead atoms. The minimum atomic E-state index is -0.529. The number of esters is 1. The van der Waals surface area contributed by atoms with Crippen LogP contribution in [0, 0.1) is 13.8 Å². The van der Waals surface area contributed by atoms with Gasteiger partial charge in [0, 0.05) is 13.1 Å². The van der Waals surface area contributed by atoms with Crippen molar-refractivity contribution in [3.05, 3.63) is 47.3 Å². The van der Waals surface area contributed by atoms with Crippen LogP contribution in [0.4, 0.5) is 0 Å². The number of aromatic nitrogens is 2. The lowest BCUT2D eigenvalue weighted by atomic mass is 10.2. The number of carbonyl (C=O) groups is 2. The van der Waals surface area contributed by atoms with Crippen molar-refractivity contribution >= 4 is 11.9 Å². The third-order valence-corrected chi connectivity index (χ3v) is 4.19. The van der Waals surface area contributed by atoms with E-state index < -0.39 is 5.97 Å². The Morgan fingerprint density at radius 2 is 1.84 bits per heavy atom.